The molecule has 1 fully saturated rings. The van der Waals surface area contributed by atoms with E-state index >= 15 is 0 Å². The van der Waals surface area contributed by atoms with Crippen LogP contribution in [0, 0.1) is 0 Å². The SMILES string of the molecule is CN1CCN(C(=O)c2cnc3ccc(-c4ccc5c(c4)NC(N)O5)cn23)CC1. The Labute approximate surface area is 162 Å². The van der Waals surface area contributed by atoms with Crippen molar-refractivity contribution in [1.29, 1.82) is 0 Å². The number of nitrogens with two attached hydrogens (primary N) is 1. The number of rotatable bonds is 2. The number of hydrogen-bond acceptors (Lipinski definition) is 6. The average Bonchev–Trinajstić information content (AvgIpc) is 3.29. The minimum absolute atomic E-state index is 0.0211. The summed E-state index contributed by atoms with van der Waals surface area (Å²) in [7, 11) is 2.08. The normalized spacial score (nSPS) is 19.4. The molecule has 2 aromatic heterocycles. The number of hydrogen-bond donors (Lipinski definition) is 2. The Morgan fingerprint density at radius 3 is 2.79 bits per heavy atom. The van der Waals surface area contributed by atoms with E-state index in [1.165, 1.54) is 0 Å². The molecule has 3 N–H and O–H groups in total. The van der Waals surface area contributed by atoms with Gasteiger partial charge in [0.05, 0.1) is 11.9 Å². The van der Waals surface area contributed by atoms with Crippen molar-refractivity contribution in [3.63, 3.8) is 0 Å². The van der Waals surface area contributed by atoms with Gasteiger partial charge in [-0.3, -0.25) is 14.9 Å². The van der Waals surface area contributed by atoms with Crippen LogP contribution in [0.2, 0.25) is 0 Å². The molecule has 0 aliphatic carbocycles. The highest BCUT2D eigenvalue weighted by Crippen LogP contribution is 2.34. The quantitative estimate of drug-likeness (QED) is 0.702. The third kappa shape index (κ3) is 2.87. The van der Waals surface area contributed by atoms with Crippen LogP contribution in [0.3, 0.4) is 0 Å². The maximum absolute atomic E-state index is 13.0. The van der Waals surface area contributed by atoms with E-state index in [1.807, 2.05) is 45.8 Å². The zero-order valence-electron chi connectivity index (χ0n) is 15.6. The largest absolute Gasteiger partial charge is 0.456 e. The Balaban J connectivity index is 1.49. The van der Waals surface area contributed by atoms with Crippen molar-refractivity contribution < 1.29 is 9.53 Å². The summed E-state index contributed by atoms with van der Waals surface area (Å²) in [6.45, 7) is 3.25. The van der Waals surface area contributed by atoms with Crippen LogP contribution in [-0.4, -0.2) is 64.7 Å². The van der Waals surface area contributed by atoms with Gasteiger partial charge in [0.2, 0.25) is 6.35 Å². The van der Waals surface area contributed by atoms with Crippen molar-refractivity contribution in [2.75, 3.05) is 38.5 Å². The van der Waals surface area contributed by atoms with Gasteiger partial charge in [-0.25, -0.2) is 4.98 Å². The number of carbonyl (C=O) groups is 1. The fraction of sp³-hybridized carbons (Fsp3) is 0.300. The molecule has 1 saturated heterocycles. The summed E-state index contributed by atoms with van der Waals surface area (Å²) in [6.07, 6.45) is 3.11. The molecule has 4 heterocycles. The standard InChI is InChI=1S/C20H22N6O2/c1-24-6-8-25(9-7-24)19(27)16-11-22-18-5-3-14(12-26(16)18)13-2-4-17-15(10-13)23-20(21)28-17/h2-5,10-12,20,23H,6-9,21H2,1H3. The average molecular weight is 378 g/mol. The predicted octanol–water partition coefficient (Wildman–Crippen LogP) is 1.44. The molecule has 0 spiro atoms. The molecule has 2 aliphatic rings. The van der Waals surface area contributed by atoms with Crippen molar-refractivity contribution in [2.24, 2.45) is 5.73 Å². The first-order valence-electron chi connectivity index (χ1n) is 9.36. The van der Waals surface area contributed by atoms with Gasteiger partial charge in [0.15, 0.2) is 0 Å². The van der Waals surface area contributed by atoms with E-state index in [0.29, 0.717) is 5.69 Å². The number of amides is 1. The fourth-order valence-corrected chi connectivity index (χ4v) is 3.73. The number of ether oxygens (including phenoxy) is 1. The van der Waals surface area contributed by atoms with Crippen molar-refractivity contribution in [3.8, 4) is 16.9 Å². The minimum atomic E-state index is -0.519. The zero-order valence-corrected chi connectivity index (χ0v) is 15.6. The molecule has 28 heavy (non-hydrogen) atoms. The lowest BCUT2D eigenvalue weighted by Gasteiger charge is -2.32. The molecule has 1 atom stereocenters. The summed E-state index contributed by atoms with van der Waals surface area (Å²) in [6, 6.07) is 9.82. The second-order valence-electron chi connectivity index (χ2n) is 7.28. The Morgan fingerprint density at radius 2 is 1.96 bits per heavy atom. The molecule has 1 aromatic carbocycles. The topological polar surface area (TPSA) is 88.1 Å². The van der Waals surface area contributed by atoms with E-state index in [-0.39, 0.29) is 5.91 Å². The van der Waals surface area contributed by atoms with E-state index in [1.54, 1.807) is 6.20 Å². The number of pyridine rings is 1. The van der Waals surface area contributed by atoms with Crippen molar-refractivity contribution in [3.05, 3.63) is 48.4 Å². The summed E-state index contributed by atoms with van der Waals surface area (Å²) in [5.41, 5.74) is 9.99. The summed E-state index contributed by atoms with van der Waals surface area (Å²) in [5.74, 6) is 0.763. The summed E-state index contributed by atoms with van der Waals surface area (Å²) < 4.78 is 7.35. The molecular weight excluding hydrogens is 356 g/mol. The second kappa shape index (κ2) is 6.50. The first-order chi connectivity index (χ1) is 13.6. The number of carbonyl (C=O) groups excluding carboxylic acids is 1. The van der Waals surface area contributed by atoms with Gasteiger partial charge in [0, 0.05) is 32.4 Å². The summed E-state index contributed by atoms with van der Waals surface area (Å²) >= 11 is 0. The zero-order chi connectivity index (χ0) is 19.3. The molecule has 0 bridgehead atoms. The first-order valence-corrected chi connectivity index (χ1v) is 9.36. The van der Waals surface area contributed by atoms with Crippen LogP contribution in [0.5, 0.6) is 5.75 Å². The molecule has 144 valence electrons. The molecule has 3 aromatic rings. The molecule has 0 saturated carbocycles. The number of nitrogens with zero attached hydrogens (tertiary/aromatic N) is 4. The molecule has 2 aliphatic heterocycles. The molecule has 1 amide bonds. The Hall–Kier alpha value is -3.10. The van der Waals surface area contributed by atoms with E-state index in [9.17, 15) is 4.79 Å². The Kier molecular flexibility index (Phi) is 3.96. The van der Waals surface area contributed by atoms with Gasteiger partial charge in [0.1, 0.15) is 17.1 Å². The maximum Gasteiger partial charge on any atom is 0.272 e. The lowest BCUT2D eigenvalue weighted by Crippen LogP contribution is -2.47. The number of fused-ring (bicyclic) bond motifs is 2. The van der Waals surface area contributed by atoms with Gasteiger partial charge >= 0.3 is 0 Å². The van der Waals surface area contributed by atoms with E-state index in [2.05, 4.69) is 22.2 Å². The van der Waals surface area contributed by atoms with E-state index < -0.39 is 6.35 Å². The summed E-state index contributed by atoms with van der Waals surface area (Å²) in [4.78, 5) is 21.6. The highest BCUT2D eigenvalue weighted by molar-refractivity contribution is 5.93. The minimum Gasteiger partial charge on any atom is -0.456 e. The van der Waals surface area contributed by atoms with Gasteiger partial charge in [-0.1, -0.05) is 6.07 Å². The predicted molar refractivity (Wildman–Crippen MR) is 106 cm³/mol. The van der Waals surface area contributed by atoms with Gasteiger partial charge < -0.3 is 19.9 Å². The van der Waals surface area contributed by atoms with Crippen molar-refractivity contribution in [2.45, 2.75) is 6.35 Å². The van der Waals surface area contributed by atoms with Crippen molar-refractivity contribution >= 4 is 17.2 Å². The van der Waals surface area contributed by atoms with Crippen molar-refractivity contribution in [1.82, 2.24) is 19.2 Å². The van der Waals surface area contributed by atoms with Crippen LogP contribution >= 0.6 is 0 Å². The van der Waals surface area contributed by atoms with Crippen LogP contribution < -0.4 is 15.8 Å². The highest BCUT2D eigenvalue weighted by Gasteiger charge is 2.23. The fourth-order valence-electron chi connectivity index (χ4n) is 3.73. The molecular formula is C20H22N6O2. The molecule has 8 heteroatoms. The van der Waals surface area contributed by atoms with Crippen LogP contribution in [0.15, 0.2) is 42.7 Å². The lowest BCUT2D eigenvalue weighted by atomic mass is 10.1. The number of piperazine rings is 1. The smallest absolute Gasteiger partial charge is 0.272 e. The molecule has 5 rings (SSSR count). The third-order valence-electron chi connectivity index (χ3n) is 5.38. The molecule has 8 nitrogen and oxygen atoms in total. The van der Waals surface area contributed by atoms with Gasteiger partial charge in [-0.15, -0.1) is 0 Å². The number of aromatic nitrogens is 2. The second-order valence-corrected chi connectivity index (χ2v) is 7.28. The number of benzene rings is 1. The van der Waals surface area contributed by atoms with Crippen LogP contribution in [0.1, 0.15) is 10.5 Å². The molecule has 0 radical (unpaired) electrons. The molecule has 1 unspecified atom stereocenters. The number of likely N-dealkylation sites (N-methyl/N-ethyl adjacent to an activating group) is 1. The lowest BCUT2D eigenvalue weighted by molar-refractivity contribution is 0.0657. The van der Waals surface area contributed by atoms with E-state index in [0.717, 1.165) is 54.4 Å². The van der Waals surface area contributed by atoms with Crippen LogP contribution in [-0.2, 0) is 0 Å². The number of nitrogens with one attached hydrogen (secondary N) is 1. The van der Waals surface area contributed by atoms with Crippen LogP contribution in [0.4, 0.5) is 5.69 Å². The van der Waals surface area contributed by atoms with Gasteiger partial charge in [-0.2, -0.15) is 0 Å². The Bertz CT molecular complexity index is 1050. The highest BCUT2D eigenvalue weighted by atomic mass is 16.5. The van der Waals surface area contributed by atoms with Crippen LogP contribution in [0.25, 0.3) is 16.8 Å². The van der Waals surface area contributed by atoms with Gasteiger partial charge in [0.25, 0.3) is 5.91 Å². The summed E-state index contributed by atoms with van der Waals surface area (Å²) in [5, 5.41) is 3.09. The number of anilines is 1. The third-order valence-corrected chi connectivity index (χ3v) is 5.38. The first kappa shape index (κ1) is 17.0. The number of imidazole rings is 1. The van der Waals surface area contributed by atoms with Gasteiger partial charge in [-0.05, 0) is 42.4 Å². The van der Waals surface area contributed by atoms with E-state index in [4.69, 9.17) is 10.5 Å². The maximum atomic E-state index is 13.0. The Morgan fingerprint density at radius 1 is 1.18 bits per heavy atom. The monoisotopic (exact) mass is 378 g/mol.